The fourth-order valence-electron chi connectivity index (χ4n) is 2.97. The average molecular weight is 373 g/mol. The fraction of sp³-hybridized carbons (Fsp3) is 0.235. The van der Waals surface area contributed by atoms with E-state index in [1.165, 1.54) is 0 Å². The molecular weight excluding hydrogens is 354 g/mol. The summed E-state index contributed by atoms with van der Waals surface area (Å²) in [5, 5.41) is 11.9. The second-order valence-electron chi connectivity index (χ2n) is 5.59. The Hall–Kier alpha value is -2.78. The number of imide groups is 1. The van der Waals surface area contributed by atoms with E-state index in [0.717, 1.165) is 17.7 Å². The number of carbonyl (C=O) groups excluding carboxylic acids is 2. The number of aromatic nitrogens is 3. The van der Waals surface area contributed by atoms with Crippen LogP contribution in [-0.4, -0.2) is 32.6 Å². The van der Waals surface area contributed by atoms with Crippen LogP contribution in [0.5, 0.6) is 5.75 Å². The fourth-order valence-corrected chi connectivity index (χ4v) is 3.12. The third-order valence-electron chi connectivity index (χ3n) is 4.16. The van der Waals surface area contributed by atoms with E-state index < -0.39 is 11.1 Å². The summed E-state index contributed by atoms with van der Waals surface area (Å²) in [5.41, 5.74) is 2.73. The van der Waals surface area contributed by atoms with E-state index in [1.807, 2.05) is 36.7 Å². The zero-order valence-corrected chi connectivity index (χ0v) is 15.5. The van der Waals surface area contributed by atoms with E-state index in [4.69, 9.17) is 9.88 Å². The smallest absolute Gasteiger partial charge is 0.300 e. The summed E-state index contributed by atoms with van der Waals surface area (Å²) in [6.45, 7) is 4.56. The lowest BCUT2D eigenvalue weighted by atomic mass is 10.1. The summed E-state index contributed by atoms with van der Waals surface area (Å²) >= 11 is 0.461. The molecular formula is C17H19N5O3S. The van der Waals surface area contributed by atoms with E-state index >= 15 is 0 Å². The number of amides is 2. The maximum atomic E-state index is 12.7. The Morgan fingerprint density at radius 3 is 2.77 bits per heavy atom. The number of nitrogens with two attached hydrogens (primary N) is 1. The van der Waals surface area contributed by atoms with E-state index in [2.05, 4.69) is 10.4 Å². The Morgan fingerprint density at radius 1 is 1.38 bits per heavy atom. The summed E-state index contributed by atoms with van der Waals surface area (Å²) in [4.78, 5) is 24.2. The van der Waals surface area contributed by atoms with Crippen molar-refractivity contribution in [3.05, 3.63) is 41.9 Å². The van der Waals surface area contributed by atoms with Crippen LogP contribution >= 0.6 is 11.9 Å². The SMILES string of the molecule is CCn1cc(-n2c(C)c(C(=O)NC(=O)SN)c3cc(OC)ccc32)cn1. The molecule has 1 aromatic carbocycles. The van der Waals surface area contributed by atoms with Gasteiger partial charge in [0.05, 0.1) is 30.1 Å². The number of hydrogen-bond donors (Lipinski definition) is 2. The van der Waals surface area contributed by atoms with Crippen molar-refractivity contribution >= 4 is 34.0 Å². The van der Waals surface area contributed by atoms with Crippen molar-refractivity contribution in [3.63, 3.8) is 0 Å². The maximum absolute atomic E-state index is 12.7. The Bertz CT molecular complexity index is 992. The number of nitrogens with zero attached hydrogens (tertiary/aromatic N) is 3. The molecule has 0 unspecified atom stereocenters. The Balaban J connectivity index is 2.24. The van der Waals surface area contributed by atoms with Gasteiger partial charge in [-0.25, -0.2) is 0 Å². The molecule has 9 heteroatoms. The quantitative estimate of drug-likeness (QED) is 0.681. The molecule has 8 nitrogen and oxygen atoms in total. The summed E-state index contributed by atoms with van der Waals surface area (Å²) in [7, 11) is 1.56. The number of ether oxygens (including phenoxy) is 1. The molecule has 2 amide bonds. The lowest BCUT2D eigenvalue weighted by molar-refractivity contribution is 0.0970. The number of rotatable bonds is 4. The van der Waals surface area contributed by atoms with E-state index in [1.54, 1.807) is 24.1 Å². The standard InChI is InChI=1S/C17H19N5O3S/c1-4-21-9-11(8-19-21)22-10(2)15(16(23)20-17(24)26-18)13-7-12(25-3)5-6-14(13)22/h5-9H,4,18H2,1-3H3,(H,20,23,24). The lowest BCUT2D eigenvalue weighted by Gasteiger charge is -2.06. The van der Waals surface area contributed by atoms with Crippen molar-refractivity contribution in [2.24, 2.45) is 5.14 Å². The van der Waals surface area contributed by atoms with Crippen LogP contribution in [0.4, 0.5) is 4.79 Å². The van der Waals surface area contributed by atoms with Crippen molar-refractivity contribution < 1.29 is 14.3 Å². The summed E-state index contributed by atoms with van der Waals surface area (Å²) in [6.07, 6.45) is 3.64. The van der Waals surface area contributed by atoms with Crippen LogP contribution in [0.3, 0.4) is 0 Å². The molecule has 0 spiro atoms. The molecule has 0 aliphatic rings. The van der Waals surface area contributed by atoms with Crippen LogP contribution in [0, 0.1) is 6.92 Å². The van der Waals surface area contributed by atoms with Gasteiger partial charge in [-0.05, 0) is 32.0 Å². The van der Waals surface area contributed by atoms with Crippen molar-refractivity contribution in [1.82, 2.24) is 19.7 Å². The highest BCUT2D eigenvalue weighted by Crippen LogP contribution is 2.32. The normalized spacial score (nSPS) is 10.9. The van der Waals surface area contributed by atoms with Gasteiger partial charge in [-0.2, -0.15) is 5.10 Å². The molecule has 2 aromatic heterocycles. The van der Waals surface area contributed by atoms with Crippen LogP contribution < -0.4 is 15.2 Å². The molecule has 3 aromatic rings. The van der Waals surface area contributed by atoms with Gasteiger partial charge in [0.1, 0.15) is 5.75 Å². The third-order valence-corrected chi connectivity index (χ3v) is 4.48. The molecule has 0 saturated carbocycles. The molecule has 136 valence electrons. The second kappa shape index (κ2) is 7.22. The van der Waals surface area contributed by atoms with Gasteiger partial charge in [0.15, 0.2) is 0 Å². The van der Waals surface area contributed by atoms with Crippen molar-refractivity contribution in [2.75, 3.05) is 7.11 Å². The summed E-state index contributed by atoms with van der Waals surface area (Å²) in [6, 6.07) is 5.48. The molecule has 26 heavy (non-hydrogen) atoms. The second-order valence-corrected chi connectivity index (χ2v) is 6.20. The number of hydrogen-bond acceptors (Lipinski definition) is 6. The zero-order chi connectivity index (χ0) is 18.8. The first-order chi connectivity index (χ1) is 12.5. The van der Waals surface area contributed by atoms with Crippen LogP contribution in [0.25, 0.3) is 16.6 Å². The van der Waals surface area contributed by atoms with Gasteiger partial charge in [-0.15, -0.1) is 0 Å². The van der Waals surface area contributed by atoms with Crippen LogP contribution in [0.2, 0.25) is 0 Å². The predicted molar refractivity (Wildman–Crippen MR) is 101 cm³/mol. The van der Waals surface area contributed by atoms with Crippen molar-refractivity contribution in [1.29, 1.82) is 0 Å². The highest BCUT2D eigenvalue weighted by molar-refractivity contribution is 8.11. The van der Waals surface area contributed by atoms with E-state index in [9.17, 15) is 9.59 Å². The number of carbonyl (C=O) groups is 2. The topological polar surface area (TPSA) is 104 Å². The highest BCUT2D eigenvalue weighted by atomic mass is 32.2. The first-order valence-corrected chi connectivity index (χ1v) is 8.82. The van der Waals surface area contributed by atoms with Crippen LogP contribution in [0.1, 0.15) is 23.0 Å². The number of methoxy groups -OCH3 is 1. The van der Waals surface area contributed by atoms with Gasteiger partial charge in [0.2, 0.25) is 0 Å². The molecule has 0 aliphatic heterocycles. The Kier molecular flexibility index (Phi) is 5.01. The van der Waals surface area contributed by atoms with E-state index in [-0.39, 0.29) is 0 Å². The van der Waals surface area contributed by atoms with Crippen molar-refractivity contribution in [3.8, 4) is 11.4 Å². The third kappa shape index (κ3) is 3.06. The summed E-state index contributed by atoms with van der Waals surface area (Å²) in [5.74, 6) is 0.109. The molecule has 3 rings (SSSR count). The van der Waals surface area contributed by atoms with Gasteiger partial charge >= 0.3 is 5.24 Å². The minimum atomic E-state index is -0.614. The molecule has 2 heterocycles. The minimum Gasteiger partial charge on any atom is -0.497 e. The number of fused-ring (bicyclic) bond motifs is 1. The van der Waals surface area contributed by atoms with Gasteiger partial charge < -0.3 is 9.30 Å². The Morgan fingerprint density at radius 2 is 2.15 bits per heavy atom. The first kappa shape index (κ1) is 18.0. The largest absolute Gasteiger partial charge is 0.497 e. The minimum absolute atomic E-state index is 0.394. The van der Waals surface area contributed by atoms with Gasteiger partial charge in [-0.1, -0.05) is 0 Å². The van der Waals surface area contributed by atoms with Gasteiger partial charge in [0.25, 0.3) is 5.91 Å². The monoisotopic (exact) mass is 373 g/mol. The molecule has 0 saturated heterocycles. The lowest BCUT2D eigenvalue weighted by Crippen LogP contribution is -2.28. The first-order valence-electron chi connectivity index (χ1n) is 7.94. The number of benzene rings is 1. The molecule has 0 radical (unpaired) electrons. The van der Waals surface area contributed by atoms with Crippen LogP contribution in [0.15, 0.2) is 30.6 Å². The van der Waals surface area contributed by atoms with Gasteiger partial charge in [-0.3, -0.25) is 24.7 Å². The molecule has 0 atom stereocenters. The maximum Gasteiger partial charge on any atom is 0.300 e. The van der Waals surface area contributed by atoms with Crippen LogP contribution in [-0.2, 0) is 6.54 Å². The Labute approximate surface area is 154 Å². The predicted octanol–water partition coefficient (Wildman–Crippen LogP) is 2.62. The molecule has 3 N–H and O–H groups in total. The molecule has 0 fully saturated rings. The molecule has 0 bridgehead atoms. The molecule has 0 aliphatic carbocycles. The number of aryl methyl sites for hydroxylation is 1. The number of nitrogens with one attached hydrogen (secondary N) is 1. The average Bonchev–Trinajstić information content (AvgIpc) is 3.21. The van der Waals surface area contributed by atoms with Crippen molar-refractivity contribution in [2.45, 2.75) is 20.4 Å². The van der Waals surface area contributed by atoms with Gasteiger partial charge in [0, 0.05) is 35.8 Å². The highest BCUT2D eigenvalue weighted by Gasteiger charge is 2.23. The van der Waals surface area contributed by atoms with E-state index in [0.29, 0.717) is 34.3 Å². The zero-order valence-electron chi connectivity index (χ0n) is 14.6. The summed E-state index contributed by atoms with van der Waals surface area (Å²) < 4.78 is 9.02.